The number of carbonyl (C=O) groups excluding carboxylic acids is 3. The van der Waals surface area contributed by atoms with E-state index in [1.54, 1.807) is 6.92 Å². The second-order valence-electron chi connectivity index (χ2n) is 5.60. The number of amides is 2. The molecule has 17 nitrogen and oxygen atoms in total. The first-order chi connectivity index (χ1) is 16.5. The van der Waals surface area contributed by atoms with Crippen molar-refractivity contribution in [1.82, 2.24) is 9.97 Å². The number of carbonyl (C=O) groups is 4. The van der Waals surface area contributed by atoms with Crippen molar-refractivity contribution in [3.8, 4) is 30.6 Å². The number of esters is 1. The molecule has 1 aromatic rings. The van der Waals surface area contributed by atoms with E-state index in [1.165, 1.54) is 6.92 Å². The first-order valence-corrected chi connectivity index (χ1v) is 9.16. The number of hydrogen-bond acceptors (Lipinski definition) is 10. The Bertz CT molecular complexity index is 969. The molecule has 36 heavy (non-hydrogen) atoms. The number of hydrogen-bond donors (Lipinski definition) is 10. The van der Waals surface area contributed by atoms with Gasteiger partial charge in [-0.15, -0.1) is 24.7 Å². The quantitative estimate of drug-likeness (QED) is 0.0675. The molecule has 1 aromatic heterocycles. The third-order valence-corrected chi connectivity index (χ3v) is 2.67. The molecule has 0 saturated carbocycles. The van der Waals surface area contributed by atoms with Crippen LogP contribution in [-0.4, -0.2) is 61.8 Å². The number of terminal acetylenes is 2. The van der Waals surface area contributed by atoms with Gasteiger partial charge in [0.25, 0.3) is 5.56 Å². The van der Waals surface area contributed by atoms with Crippen molar-refractivity contribution in [2.45, 2.75) is 26.7 Å². The van der Waals surface area contributed by atoms with E-state index in [9.17, 15) is 14.4 Å². The van der Waals surface area contributed by atoms with Crippen molar-refractivity contribution in [2.24, 2.45) is 28.9 Å². The topological polar surface area (TPSA) is 338 Å². The van der Waals surface area contributed by atoms with E-state index in [0.717, 1.165) is 0 Å². The van der Waals surface area contributed by atoms with Crippen molar-refractivity contribution in [3.05, 3.63) is 15.9 Å². The summed E-state index contributed by atoms with van der Waals surface area (Å²) >= 11 is 0. The van der Waals surface area contributed by atoms with E-state index in [-0.39, 0.29) is 42.7 Å². The van der Waals surface area contributed by atoms with E-state index in [1.807, 2.05) is 0 Å². The molecule has 1 unspecified atom stereocenters. The number of primary amides is 2. The van der Waals surface area contributed by atoms with Gasteiger partial charge in [0.2, 0.25) is 11.8 Å². The molecule has 0 aromatic carbocycles. The normalized spacial score (nSPS) is 8.89. The van der Waals surface area contributed by atoms with E-state index >= 15 is 0 Å². The number of ether oxygens (including phenoxy) is 1. The number of rotatable bonds is 5. The predicted molar refractivity (Wildman–Crippen MR) is 128 cm³/mol. The van der Waals surface area contributed by atoms with Gasteiger partial charge in [-0.3, -0.25) is 24.8 Å². The Morgan fingerprint density at radius 2 is 1.56 bits per heavy atom. The number of nitrogens with one attached hydrogen (secondary N) is 2. The number of nitrogens with two attached hydrogens (primary N) is 5. The van der Waals surface area contributed by atoms with Gasteiger partial charge in [-0.25, -0.2) is 9.59 Å². The number of nitrogen functional groups attached to an aromatic ring is 1. The largest absolute Gasteiger partial charge is 0.503 e. The number of urea groups is 1. The molecule has 0 radical (unpaired) electrons. The lowest BCUT2D eigenvalue weighted by molar-refractivity contribution is -0.150. The highest BCUT2D eigenvalue weighted by atomic mass is 16.6. The summed E-state index contributed by atoms with van der Waals surface area (Å²) in [4.78, 5) is 56.1. The second-order valence-corrected chi connectivity index (χ2v) is 5.60. The monoisotopic (exact) mass is 514 g/mol. The first kappa shape index (κ1) is 37.8. The molecule has 200 valence electrons. The molecule has 1 heterocycles. The van der Waals surface area contributed by atoms with Crippen LogP contribution in [-0.2, 0) is 20.7 Å². The molecule has 0 aliphatic heterocycles. The van der Waals surface area contributed by atoms with Gasteiger partial charge in [-0.2, -0.15) is 4.98 Å². The molecular formula is C19H30N8O9. The lowest BCUT2D eigenvalue weighted by Crippen LogP contribution is -2.23. The molecule has 1 atom stereocenters. The third kappa shape index (κ3) is 28.6. The SMILES string of the molecule is C#CCC(C(C)=O)C(=O)OCC.C#CCc1c(O)nc(N)[nH]c1=O.N=C(N)N.NC(N)=O.O=C(O)O. The number of aromatic amines is 1. The predicted octanol–water partition coefficient (Wildman–Crippen LogP) is -1.90. The zero-order valence-electron chi connectivity index (χ0n) is 19.5. The van der Waals surface area contributed by atoms with Crippen LogP contribution in [0.2, 0.25) is 0 Å². The highest BCUT2D eigenvalue weighted by Crippen LogP contribution is 2.08. The van der Waals surface area contributed by atoms with Gasteiger partial charge in [0.1, 0.15) is 11.7 Å². The zero-order chi connectivity index (χ0) is 29.4. The van der Waals surface area contributed by atoms with Gasteiger partial charge in [-0.1, -0.05) is 0 Å². The molecule has 0 aliphatic carbocycles. The summed E-state index contributed by atoms with van der Waals surface area (Å²) in [6.45, 7) is 3.29. The summed E-state index contributed by atoms with van der Waals surface area (Å²) in [6, 6.07) is -0.833. The molecule has 0 saturated heterocycles. The summed E-state index contributed by atoms with van der Waals surface area (Å²) in [6.07, 6.45) is 8.28. The fourth-order valence-corrected chi connectivity index (χ4v) is 1.52. The minimum absolute atomic E-state index is 0.0362. The Balaban J connectivity index is -0.000000198. The van der Waals surface area contributed by atoms with Gasteiger partial charge in [0.05, 0.1) is 12.2 Å². The Hall–Kier alpha value is -5.45. The van der Waals surface area contributed by atoms with E-state index in [2.05, 4.69) is 49.5 Å². The molecule has 17 heteroatoms. The molecule has 2 amide bonds. The highest BCUT2D eigenvalue weighted by Gasteiger charge is 2.23. The minimum atomic E-state index is -1.83. The average Bonchev–Trinajstić information content (AvgIpc) is 2.68. The van der Waals surface area contributed by atoms with E-state index < -0.39 is 35.5 Å². The maximum Gasteiger partial charge on any atom is 0.503 e. The van der Waals surface area contributed by atoms with Crippen LogP contribution in [0.3, 0.4) is 0 Å². The number of ketones is 1. The number of H-pyrrole nitrogens is 1. The number of guanidine groups is 1. The van der Waals surface area contributed by atoms with E-state index in [0.29, 0.717) is 0 Å². The number of aromatic hydroxyl groups is 1. The number of Topliss-reactive ketones (excluding diaryl/α,β-unsaturated/α-hetero) is 1. The van der Waals surface area contributed by atoms with Crippen LogP contribution in [0.1, 0.15) is 25.8 Å². The Kier molecular flexibility index (Phi) is 23.9. The minimum Gasteiger partial charge on any atom is -0.493 e. The lowest BCUT2D eigenvalue weighted by Gasteiger charge is -2.08. The van der Waals surface area contributed by atoms with Crippen molar-refractivity contribution < 1.29 is 39.2 Å². The first-order valence-electron chi connectivity index (χ1n) is 9.16. The second kappa shape index (κ2) is 22.7. The maximum absolute atomic E-state index is 11.0. The molecule has 15 N–H and O–H groups in total. The van der Waals surface area contributed by atoms with Crippen molar-refractivity contribution >= 4 is 35.8 Å². The van der Waals surface area contributed by atoms with Crippen molar-refractivity contribution in [3.63, 3.8) is 0 Å². The zero-order valence-corrected chi connectivity index (χ0v) is 19.5. The third-order valence-electron chi connectivity index (χ3n) is 2.67. The van der Waals surface area contributed by atoms with Crippen LogP contribution >= 0.6 is 0 Å². The van der Waals surface area contributed by atoms with Crippen LogP contribution in [0.15, 0.2) is 4.79 Å². The summed E-state index contributed by atoms with van der Waals surface area (Å²) in [5.41, 5.74) is 22.2. The smallest absolute Gasteiger partial charge is 0.493 e. The Morgan fingerprint density at radius 1 is 1.14 bits per heavy atom. The Morgan fingerprint density at radius 3 is 1.83 bits per heavy atom. The lowest BCUT2D eigenvalue weighted by atomic mass is 10.0. The summed E-state index contributed by atoms with van der Waals surface area (Å²) < 4.78 is 4.66. The summed E-state index contributed by atoms with van der Waals surface area (Å²) in [5.74, 6) is 2.07. The van der Waals surface area contributed by atoms with Crippen molar-refractivity contribution in [1.29, 1.82) is 5.41 Å². The number of aromatic nitrogens is 2. The van der Waals surface area contributed by atoms with Crippen LogP contribution in [0.25, 0.3) is 0 Å². The average molecular weight is 514 g/mol. The van der Waals surface area contributed by atoms with E-state index in [4.69, 9.17) is 48.9 Å². The van der Waals surface area contributed by atoms with Crippen LogP contribution in [0.5, 0.6) is 5.88 Å². The molecule has 1 rings (SSSR count). The van der Waals surface area contributed by atoms with Crippen molar-refractivity contribution in [2.75, 3.05) is 12.3 Å². The standard InChI is InChI=1S/C9H12O3.C7H7N3O2.CH5N3.CH4N2O.CH2O3/c1-4-6-8(7(3)10)9(11)12-5-2;1-2-3-4-5(11)9-7(8)10-6(4)12;3*2-1(3)4/h1,8H,5-6H2,2-3H3;1H,3H2,(H4,8,9,10,11,12);(H5,2,3,4);(H4,2,3,4);(H2,2,3,4). The van der Waals surface area contributed by atoms with Gasteiger partial charge in [0.15, 0.2) is 5.96 Å². The highest BCUT2D eigenvalue weighted by molar-refractivity contribution is 5.97. The van der Waals surface area contributed by atoms with Gasteiger partial charge < -0.3 is 48.7 Å². The van der Waals surface area contributed by atoms with Gasteiger partial charge in [0, 0.05) is 12.8 Å². The van der Waals surface area contributed by atoms with Crippen LogP contribution in [0.4, 0.5) is 15.5 Å². The molecule has 0 aliphatic rings. The van der Waals surface area contributed by atoms with Gasteiger partial charge in [-0.05, 0) is 13.8 Å². The van der Waals surface area contributed by atoms with Gasteiger partial charge >= 0.3 is 18.2 Å². The Labute approximate surface area is 205 Å². The summed E-state index contributed by atoms with van der Waals surface area (Å²) in [7, 11) is 0. The van der Waals surface area contributed by atoms with Crippen LogP contribution in [0, 0.1) is 36.0 Å². The number of carboxylic acid groups (broad SMARTS) is 2. The fraction of sp³-hybridized carbons (Fsp3) is 0.316. The summed E-state index contributed by atoms with van der Waals surface area (Å²) in [5, 5.41) is 29.1. The number of nitrogens with zero attached hydrogens (tertiary/aromatic N) is 1. The van der Waals surface area contributed by atoms with Crippen LogP contribution < -0.4 is 34.2 Å². The fourth-order valence-electron chi connectivity index (χ4n) is 1.52. The molecule has 0 fully saturated rings. The molecule has 0 bridgehead atoms. The molecule has 0 spiro atoms. The molecular weight excluding hydrogens is 484 g/mol. The number of anilines is 1. The maximum atomic E-state index is 11.0.